The van der Waals surface area contributed by atoms with Gasteiger partial charge < -0.3 is 15.3 Å². The third-order valence-electron chi connectivity index (χ3n) is 0. The first-order chi connectivity index (χ1) is 1.73. The van der Waals surface area contributed by atoms with Gasteiger partial charge >= 0.3 is 0 Å². The monoisotopic (exact) mass is 478 g/mol. The van der Waals surface area contributed by atoms with Gasteiger partial charge in [0.05, 0.1) is 5.09 Å². The summed E-state index contributed by atoms with van der Waals surface area (Å²) >= 11 is 0. The van der Waals surface area contributed by atoms with Crippen LogP contribution in [0.3, 0.4) is 0 Å². The van der Waals surface area contributed by atoms with Crippen molar-refractivity contribution in [3.05, 3.63) is 15.3 Å². The Bertz CT molecular complexity index is 31.8. The average Bonchev–Trinajstić information content (AvgIpc) is 0.811. The SMILES string of the molecule is O=[N+]([O-])[O-].[Pb].[Pb]. The van der Waals surface area contributed by atoms with E-state index in [2.05, 4.69) is 0 Å². The average molecular weight is 476 g/mol. The summed E-state index contributed by atoms with van der Waals surface area (Å²) in [6.45, 7) is 0. The fraction of sp³-hybridized carbons (Fsp3) is 0. The van der Waals surface area contributed by atoms with Gasteiger partial charge in [-0.15, -0.1) is 0 Å². The molecule has 0 bridgehead atoms. The van der Waals surface area contributed by atoms with E-state index in [0.717, 1.165) is 0 Å². The standard InChI is InChI=1S/NO3.2Pb/c2-1(3)4;;/q-1;;. The molecule has 0 fully saturated rings. The molecular formula is NO3Pb2-. The van der Waals surface area contributed by atoms with Crippen LogP contribution in [0.25, 0.3) is 0 Å². The Morgan fingerprint density at radius 1 is 1.17 bits per heavy atom. The van der Waals surface area contributed by atoms with Gasteiger partial charge in [0, 0.05) is 54.6 Å². The molecule has 0 saturated carbocycles. The van der Waals surface area contributed by atoms with Crippen LogP contribution in [0.4, 0.5) is 0 Å². The van der Waals surface area contributed by atoms with Crippen molar-refractivity contribution in [2.45, 2.75) is 0 Å². The van der Waals surface area contributed by atoms with Crippen LogP contribution in [0, 0.1) is 15.3 Å². The van der Waals surface area contributed by atoms with Crippen molar-refractivity contribution in [3.63, 3.8) is 0 Å². The zero-order valence-electron chi connectivity index (χ0n) is 2.67. The van der Waals surface area contributed by atoms with Crippen molar-refractivity contribution in [2.75, 3.05) is 0 Å². The van der Waals surface area contributed by atoms with Crippen LogP contribution in [-0.2, 0) is 0 Å². The number of hydrogen-bond donors (Lipinski definition) is 0. The fourth-order valence-electron chi connectivity index (χ4n) is 0. The second-order valence-electron chi connectivity index (χ2n) is 0.224. The quantitative estimate of drug-likeness (QED) is 0.256. The van der Waals surface area contributed by atoms with Gasteiger partial charge in [-0.2, -0.15) is 0 Å². The van der Waals surface area contributed by atoms with E-state index in [1.165, 1.54) is 0 Å². The Labute approximate surface area is 74.3 Å². The summed E-state index contributed by atoms with van der Waals surface area (Å²) in [7, 11) is 0. The van der Waals surface area contributed by atoms with E-state index in [1.807, 2.05) is 0 Å². The van der Waals surface area contributed by atoms with E-state index in [1.54, 1.807) is 0 Å². The maximum atomic E-state index is 8.25. The van der Waals surface area contributed by atoms with Crippen LogP contribution in [0.1, 0.15) is 0 Å². The molecule has 0 amide bonds. The van der Waals surface area contributed by atoms with Gasteiger partial charge in [-0.1, -0.05) is 0 Å². The minimum Gasteiger partial charge on any atom is -0.356 e. The number of rotatable bonds is 0. The van der Waals surface area contributed by atoms with E-state index in [9.17, 15) is 0 Å². The van der Waals surface area contributed by atoms with Crippen LogP contribution >= 0.6 is 0 Å². The van der Waals surface area contributed by atoms with Gasteiger partial charge in [-0.3, -0.25) is 0 Å². The predicted molar refractivity (Wildman–Crippen MR) is 21.9 cm³/mol. The maximum Gasteiger partial charge on any atom is 0.0689 e. The first kappa shape index (κ1) is 15.7. The van der Waals surface area contributed by atoms with Gasteiger partial charge in [-0.05, 0) is 0 Å². The molecule has 32 valence electrons. The molecule has 0 aliphatic carbocycles. The Balaban J connectivity index is -0.0000000450. The Hall–Kier alpha value is 1.04. The summed E-state index contributed by atoms with van der Waals surface area (Å²) in [6, 6.07) is 0. The normalized spacial score (nSPS) is 4.00. The molecule has 4 nitrogen and oxygen atoms in total. The summed E-state index contributed by atoms with van der Waals surface area (Å²) < 4.78 is 0. The van der Waals surface area contributed by atoms with Gasteiger partial charge in [0.1, 0.15) is 0 Å². The smallest absolute Gasteiger partial charge is 0.0689 e. The second-order valence-corrected chi connectivity index (χ2v) is 0.224. The van der Waals surface area contributed by atoms with E-state index in [4.69, 9.17) is 15.3 Å². The molecular weight excluding hydrogens is 476 g/mol. The molecule has 0 N–H and O–H groups in total. The van der Waals surface area contributed by atoms with E-state index in [-0.39, 0.29) is 54.6 Å². The Morgan fingerprint density at radius 3 is 1.17 bits per heavy atom. The molecule has 0 rings (SSSR count). The molecule has 0 aromatic heterocycles. The third-order valence-corrected chi connectivity index (χ3v) is 0. The molecule has 0 aliphatic rings. The van der Waals surface area contributed by atoms with Crippen molar-refractivity contribution in [2.24, 2.45) is 0 Å². The van der Waals surface area contributed by atoms with Crippen molar-refractivity contribution in [1.82, 2.24) is 0 Å². The largest absolute Gasteiger partial charge is 0.356 e. The molecule has 0 heterocycles. The first-order valence-electron chi connectivity index (χ1n) is 0.548. The van der Waals surface area contributed by atoms with Crippen LogP contribution in [0.15, 0.2) is 0 Å². The number of nitrogens with zero attached hydrogens (tertiary/aromatic N) is 1. The summed E-state index contributed by atoms with van der Waals surface area (Å²) in [6.07, 6.45) is 0. The van der Waals surface area contributed by atoms with Gasteiger partial charge in [0.25, 0.3) is 0 Å². The Kier molecular flexibility index (Phi) is 24.7. The van der Waals surface area contributed by atoms with Crippen molar-refractivity contribution < 1.29 is 5.09 Å². The molecule has 0 spiro atoms. The molecule has 0 unspecified atom stereocenters. The van der Waals surface area contributed by atoms with E-state index >= 15 is 0 Å². The predicted octanol–water partition coefficient (Wildman–Crippen LogP) is -1.00. The van der Waals surface area contributed by atoms with Crippen LogP contribution in [-0.4, -0.2) is 59.7 Å². The molecule has 0 aliphatic heterocycles. The second kappa shape index (κ2) is 9.40. The topological polar surface area (TPSA) is 66.2 Å². The molecule has 8 radical (unpaired) electrons. The minimum atomic E-state index is -1.75. The van der Waals surface area contributed by atoms with Crippen LogP contribution < -0.4 is 0 Å². The molecule has 0 aromatic carbocycles. The van der Waals surface area contributed by atoms with Crippen molar-refractivity contribution >= 4 is 54.6 Å². The third kappa shape index (κ3) is 75.7. The summed E-state index contributed by atoms with van der Waals surface area (Å²) in [4.78, 5) is 8.25. The Morgan fingerprint density at radius 2 is 1.17 bits per heavy atom. The summed E-state index contributed by atoms with van der Waals surface area (Å²) in [5.74, 6) is 0. The van der Waals surface area contributed by atoms with Crippen molar-refractivity contribution in [1.29, 1.82) is 0 Å². The maximum absolute atomic E-state index is 8.25. The zero-order valence-corrected chi connectivity index (χ0v) is 10.4. The zero-order chi connectivity index (χ0) is 3.58. The van der Waals surface area contributed by atoms with Crippen LogP contribution in [0.5, 0.6) is 0 Å². The molecule has 6 heavy (non-hydrogen) atoms. The first-order valence-corrected chi connectivity index (χ1v) is 0.548. The minimum absolute atomic E-state index is 0. The number of hydrogen-bond acceptors (Lipinski definition) is 3. The molecule has 0 atom stereocenters. The van der Waals surface area contributed by atoms with E-state index in [0.29, 0.717) is 0 Å². The van der Waals surface area contributed by atoms with Gasteiger partial charge in [0.2, 0.25) is 0 Å². The van der Waals surface area contributed by atoms with Gasteiger partial charge in [0.15, 0.2) is 0 Å². The van der Waals surface area contributed by atoms with Crippen LogP contribution in [0.2, 0.25) is 0 Å². The fourth-order valence-corrected chi connectivity index (χ4v) is 0. The van der Waals surface area contributed by atoms with Crippen molar-refractivity contribution in [3.8, 4) is 0 Å². The van der Waals surface area contributed by atoms with Gasteiger partial charge in [-0.25, -0.2) is 0 Å². The molecule has 0 aromatic rings. The molecule has 0 saturated heterocycles. The summed E-state index contributed by atoms with van der Waals surface area (Å²) in [5.41, 5.74) is 0. The molecule has 6 heteroatoms. The van der Waals surface area contributed by atoms with E-state index < -0.39 is 5.09 Å². The summed E-state index contributed by atoms with van der Waals surface area (Å²) in [5, 5.41) is 14.8.